The van der Waals surface area contributed by atoms with Gasteiger partial charge in [0.15, 0.2) is 0 Å². The Bertz CT molecular complexity index is 547. The van der Waals surface area contributed by atoms with Gasteiger partial charge in [-0.2, -0.15) is 0 Å². The maximum absolute atomic E-state index is 13.1. The summed E-state index contributed by atoms with van der Waals surface area (Å²) in [5, 5.41) is 10.1. The van der Waals surface area contributed by atoms with Gasteiger partial charge >= 0.3 is 0 Å². The fourth-order valence-corrected chi connectivity index (χ4v) is 2.01. The van der Waals surface area contributed by atoms with E-state index < -0.39 is 17.7 Å². The Balaban J connectivity index is 2.17. The number of benzene rings is 2. The van der Waals surface area contributed by atoms with Gasteiger partial charge in [-0.15, -0.1) is 0 Å². The van der Waals surface area contributed by atoms with Crippen LogP contribution in [0.15, 0.2) is 42.5 Å². The lowest BCUT2D eigenvalue weighted by atomic mass is 9.99. The van der Waals surface area contributed by atoms with Crippen LogP contribution in [0.25, 0.3) is 0 Å². The molecule has 0 aromatic heterocycles. The Morgan fingerprint density at radius 1 is 1.00 bits per heavy atom. The topological polar surface area (TPSA) is 29.5 Å². The monoisotopic (exact) mass is 278 g/mol. The van der Waals surface area contributed by atoms with E-state index in [1.54, 1.807) is 19.2 Å². The number of methoxy groups -OCH3 is 1. The van der Waals surface area contributed by atoms with Crippen molar-refractivity contribution in [3.8, 4) is 0 Å². The fourth-order valence-electron chi connectivity index (χ4n) is 2.01. The van der Waals surface area contributed by atoms with Crippen molar-refractivity contribution >= 4 is 0 Å². The van der Waals surface area contributed by atoms with Crippen molar-refractivity contribution in [2.45, 2.75) is 12.5 Å². The van der Waals surface area contributed by atoms with Crippen LogP contribution in [0.2, 0.25) is 0 Å². The lowest BCUT2D eigenvalue weighted by Gasteiger charge is -2.12. The molecule has 20 heavy (non-hydrogen) atoms. The summed E-state index contributed by atoms with van der Waals surface area (Å²) >= 11 is 0. The number of ether oxygens (including phenoxy) is 1. The molecule has 1 atom stereocenters. The highest BCUT2D eigenvalue weighted by atomic mass is 19.1. The minimum Gasteiger partial charge on any atom is -0.384 e. The third-order valence-electron chi connectivity index (χ3n) is 3.09. The SMILES string of the molecule is COCCc1ccc(C(O)c2cc(F)cc(F)c2)cc1. The number of aliphatic hydroxyl groups is 1. The lowest BCUT2D eigenvalue weighted by Crippen LogP contribution is -2.02. The van der Waals surface area contributed by atoms with E-state index in [4.69, 9.17) is 4.74 Å². The molecule has 0 saturated carbocycles. The summed E-state index contributed by atoms with van der Waals surface area (Å²) in [6.45, 7) is 0.622. The highest BCUT2D eigenvalue weighted by Crippen LogP contribution is 2.23. The molecule has 0 bridgehead atoms. The highest BCUT2D eigenvalue weighted by Gasteiger charge is 2.12. The molecular formula is C16H16F2O2. The lowest BCUT2D eigenvalue weighted by molar-refractivity contribution is 0.202. The zero-order valence-corrected chi connectivity index (χ0v) is 11.1. The number of hydrogen-bond acceptors (Lipinski definition) is 2. The van der Waals surface area contributed by atoms with Crippen molar-refractivity contribution in [1.82, 2.24) is 0 Å². The van der Waals surface area contributed by atoms with E-state index in [2.05, 4.69) is 0 Å². The van der Waals surface area contributed by atoms with Crippen LogP contribution in [0.3, 0.4) is 0 Å². The Labute approximate surface area is 116 Å². The van der Waals surface area contributed by atoms with E-state index in [0.717, 1.165) is 30.2 Å². The van der Waals surface area contributed by atoms with Crippen LogP contribution in [-0.4, -0.2) is 18.8 Å². The van der Waals surface area contributed by atoms with E-state index in [-0.39, 0.29) is 5.56 Å². The first-order valence-corrected chi connectivity index (χ1v) is 6.32. The quantitative estimate of drug-likeness (QED) is 0.910. The largest absolute Gasteiger partial charge is 0.384 e. The molecule has 2 rings (SSSR count). The first kappa shape index (κ1) is 14.6. The van der Waals surface area contributed by atoms with E-state index >= 15 is 0 Å². The van der Waals surface area contributed by atoms with Crippen molar-refractivity contribution in [2.75, 3.05) is 13.7 Å². The average Bonchev–Trinajstić information content (AvgIpc) is 2.44. The Hall–Kier alpha value is -1.78. The zero-order chi connectivity index (χ0) is 14.5. The molecular weight excluding hydrogens is 262 g/mol. The summed E-state index contributed by atoms with van der Waals surface area (Å²) in [6, 6.07) is 10.3. The molecule has 0 aliphatic carbocycles. The van der Waals surface area contributed by atoms with Gasteiger partial charge < -0.3 is 9.84 Å². The second-order valence-electron chi connectivity index (χ2n) is 4.59. The maximum Gasteiger partial charge on any atom is 0.126 e. The Kier molecular flexibility index (Phi) is 4.82. The summed E-state index contributed by atoms with van der Waals surface area (Å²) in [5.41, 5.74) is 1.87. The number of aliphatic hydroxyl groups excluding tert-OH is 1. The van der Waals surface area contributed by atoms with E-state index in [1.807, 2.05) is 12.1 Å². The second-order valence-corrected chi connectivity index (χ2v) is 4.59. The van der Waals surface area contributed by atoms with Gasteiger partial charge in [-0.05, 0) is 35.2 Å². The van der Waals surface area contributed by atoms with Crippen molar-refractivity contribution in [3.63, 3.8) is 0 Å². The Morgan fingerprint density at radius 2 is 1.60 bits per heavy atom. The number of rotatable bonds is 5. The first-order chi connectivity index (χ1) is 9.60. The van der Waals surface area contributed by atoms with Gasteiger partial charge in [0.25, 0.3) is 0 Å². The summed E-state index contributed by atoms with van der Waals surface area (Å²) < 4.78 is 31.3. The molecule has 0 fully saturated rings. The van der Waals surface area contributed by atoms with Gasteiger partial charge in [-0.1, -0.05) is 24.3 Å². The molecule has 2 aromatic carbocycles. The minimum atomic E-state index is -1.04. The van der Waals surface area contributed by atoms with Gasteiger partial charge in [0, 0.05) is 13.2 Å². The predicted molar refractivity (Wildman–Crippen MR) is 72.4 cm³/mol. The van der Waals surface area contributed by atoms with Crippen LogP contribution < -0.4 is 0 Å². The molecule has 0 aliphatic heterocycles. The van der Waals surface area contributed by atoms with Gasteiger partial charge in [0.1, 0.15) is 17.7 Å². The Morgan fingerprint density at radius 3 is 2.15 bits per heavy atom. The molecule has 106 valence electrons. The van der Waals surface area contributed by atoms with Gasteiger partial charge in [-0.3, -0.25) is 0 Å². The highest BCUT2D eigenvalue weighted by molar-refractivity contribution is 5.32. The fraction of sp³-hybridized carbons (Fsp3) is 0.250. The van der Waals surface area contributed by atoms with Gasteiger partial charge in [0.2, 0.25) is 0 Å². The normalized spacial score (nSPS) is 12.4. The standard InChI is InChI=1S/C16H16F2O2/c1-20-7-6-11-2-4-12(5-3-11)16(19)13-8-14(17)10-15(18)9-13/h2-5,8-10,16,19H,6-7H2,1H3. The molecule has 1 unspecified atom stereocenters. The molecule has 0 heterocycles. The smallest absolute Gasteiger partial charge is 0.126 e. The number of halogens is 2. The molecule has 0 amide bonds. The molecule has 2 aromatic rings. The summed E-state index contributed by atoms with van der Waals surface area (Å²) in [6.07, 6.45) is -0.266. The molecule has 2 nitrogen and oxygen atoms in total. The van der Waals surface area contributed by atoms with Crippen LogP contribution in [0.4, 0.5) is 8.78 Å². The molecule has 0 saturated heterocycles. The van der Waals surface area contributed by atoms with Crippen molar-refractivity contribution in [2.24, 2.45) is 0 Å². The van der Waals surface area contributed by atoms with Gasteiger partial charge in [0.05, 0.1) is 6.61 Å². The third kappa shape index (κ3) is 3.62. The van der Waals surface area contributed by atoms with E-state index in [1.165, 1.54) is 0 Å². The van der Waals surface area contributed by atoms with Crippen molar-refractivity contribution in [3.05, 3.63) is 70.8 Å². The maximum atomic E-state index is 13.1. The zero-order valence-electron chi connectivity index (χ0n) is 11.1. The summed E-state index contributed by atoms with van der Waals surface area (Å²) in [5.74, 6) is -1.40. The van der Waals surface area contributed by atoms with Crippen LogP contribution in [-0.2, 0) is 11.2 Å². The van der Waals surface area contributed by atoms with E-state index in [0.29, 0.717) is 12.2 Å². The molecule has 0 aliphatic rings. The van der Waals surface area contributed by atoms with Crippen LogP contribution >= 0.6 is 0 Å². The summed E-state index contributed by atoms with van der Waals surface area (Å²) in [4.78, 5) is 0. The average molecular weight is 278 g/mol. The summed E-state index contributed by atoms with van der Waals surface area (Å²) in [7, 11) is 1.64. The number of hydrogen-bond donors (Lipinski definition) is 1. The van der Waals surface area contributed by atoms with Crippen LogP contribution in [0.5, 0.6) is 0 Å². The van der Waals surface area contributed by atoms with Crippen LogP contribution in [0, 0.1) is 11.6 Å². The third-order valence-corrected chi connectivity index (χ3v) is 3.09. The van der Waals surface area contributed by atoms with E-state index in [9.17, 15) is 13.9 Å². The van der Waals surface area contributed by atoms with Crippen molar-refractivity contribution in [1.29, 1.82) is 0 Å². The molecule has 4 heteroatoms. The molecule has 0 spiro atoms. The van der Waals surface area contributed by atoms with Gasteiger partial charge in [-0.25, -0.2) is 8.78 Å². The predicted octanol–water partition coefficient (Wildman–Crippen LogP) is 3.24. The molecule has 0 radical (unpaired) electrons. The van der Waals surface area contributed by atoms with Crippen molar-refractivity contribution < 1.29 is 18.6 Å². The molecule has 1 N–H and O–H groups in total. The van der Waals surface area contributed by atoms with Crippen LogP contribution in [0.1, 0.15) is 22.8 Å². The first-order valence-electron chi connectivity index (χ1n) is 6.32. The minimum absolute atomic E-state index is 0.201. The second kappa shape index (κ2) is 6.59.